The van der Waals surface area contributed by atoms with Gasteiger partial charge in [0.15, 0.2) is 0 Å². The summed E-state index contributed by atoms with van der Waals surface area (Å²) in [6, 6.07) is 3.00. The first kappa shape index (κ1) is 19.8. The van der Waals surface area contributed by atoms with Crippen LogP contribution >= 0.6 is 22.9 Å². The fourth-order valence-corrected chi connectivity index (χ4v) is 3.85. The summed E-state index contributed by atoms with van der Waals surface area (Å²) in [6.07, 6.45) is 0. The largest absolute Gasteiger partial charge is 0.350 e. The Morgan fingerprint density at radius 1 is 1.32 bits per heavy atom. The van der Waals surface area contributed by atoms with Crippen molar-refractivity contribution in [3.8, 4) is 10.6 Å². The number of aryl methyl sites for hydroxylation is 2. The lowest BCUT2D eigenvalue weighted by molar-refractivity contribution is 0.0952. The van der Waals surface area contributed by atoms with Crippen LogP contribution < -0.4 is 5.32 Å². The number of carbonyl (C=O) groups excluding carboxylic acids is 1. The van der Waals surface area contributed by atoms with Crippen molar-refractivity contribution >= 4 is 28.8 Å². The molecule has 0 aliphatic rings. The van der Waals surface area contributed by atoms with E-state index < -0.39 is 5.82 Å². The van der Waals surface area contributed by atoms with E-state index in [0.717, 1.165) is 25.2 Å². The normalized spacial score (nSPS) is 11.2. The lowest BCUT2D eigenvalue weighted by atomic mass is 10.1. The Balaban J connectivity index is 2.18. The highest BCUT2D eigenvalue weighted by Crippen LogP contribution is 2.36. The molecule has 0 aliphatic heterocycles. The minimum absolute atomic E-state index is 0.183. The van der Waals surface area contributed by atoms with Gasteiger partial charge in [0.05, 0.1) is 16.3 Å². The first-order chi connectivity index (χ1) is 11.9. The quantitative estimate of drug-likeness (QED) is 0.775. The van der Waals surface area contributed by atoms with E-state index in [4.69, 9.17) is 11.6 Å². The van der Waals surface area contributed by atoms with Crippen LogP contribution in [0.4, 0.5) is 4.39 Å². The van der Waals surface area contributed by atoms with E-state index in [1.54, 1.807) is 13.0 Å². The Morgan fingerprint density at radius 2 is 2.00 bits per heavy atom. The topological polar surface area (TPSA) is 45.2 Å². The second-order valence-electron chi connectivity index (χ2n) is 5.77. The molecule has 0 atom stereocenters. The number of hydrogen-bond donors (Lipinski definition) is 1. The van der Waals surface area contributed by atoms with Gasteiger partial charge in [0.25, 0.3) is 5.91 Å². The van der Waals surface area contributed by atoms with Gasteiger partial charge < -0.3 is 10.2 Å². The summed E-state index contributed by atoms with van der Waals surface area (Å²) in [4.78, 5) is 19.5. The molecule has 0 spiro atoms. The number of nitrogens with zero attached hydrogens (tertiary/aromatic N) is 2. The van der Waals surface area contributed by atoms with Crippen LogP contribution in [0.2, 0.25) is 5.02 Å². The smallest absolute Gasteiger partial charge is 0.263 e. The van der Waals surface area contributed by atoms with Crippen molar-refractivity contribution in [2.24, 2.45) is 0 Å². The van der Waals surface area contributed by atoms with Crippen LogP contribution in [0.1, 0.15) is 34.8 Å². The van der Waals surface area contributed by atoms with Crippen LogP contribution in [0.3, 0.4) is 0 Å². The third-order valence-corrected chi connectivity index (χ3v) is 5.77. The number of amides is 1. The SMILES string of the molecule is CCN(CC)CCNC(=O)c1sc(-c2c(F)ccc(C)c2Cl)nc1C. The maximum Gasteiger partial charge on any atom is 0.263 e. The molecule has 0 saturated heterocycles. The summed E-state index contributed by atoms with van der Waals surface area (Å²) in [6.45, 7) is 11.0. The van der Waals surface area contributed by atoms with Gasteiger partial charge in [0.2, 0.25) is 0 Å². The molecular formula is C18H23ClFN3OS. The Kier molecular flexibility index (Phi) is 6.93. The van der Waals surface area contributed by atoms with Gasteiger partial charge in [-0.3, -0.25) is 4.79 Å². The summed E-state index contributed by atoms with van der Waals surface area (Å²) < 4.78 is 14.2. The van der Waals surface area contributed by atoms with E-state index in [2.05, 4.69) is 29.0 Å². The summed E-state index contributed by atoms with van der Waals surface area (Å²) in [5.41, 5.74) is 1.62. The third-order valence-electron chi connectivity index (χ3n) is 4.11. The van der Waals surface area contributed by atoms with Crippen molar-refractivity contribution in [1.82, 2.24) is 15.2 Å². The van der Waals surface area contributed by atoms with E-state index in [1.165, 1.54) is 17.4 Å². The molecule has 0 bridgehead atoms. The molecule has 1 N–H and O–H groups in total. The van der Waals surface area contributed by atoms with E-state index >= 15 is 0 Å². The molecular weight excluding hydrogens is 361 g/mol. The summed E-state index contributed by atoms with van der Waals surface area (Å²) in [7, 11) is 0. The molecule has 0 aliphatic carbocycles. The van der Waals surface area contributed by atoms with Crippen LogP contribution in [-0.4, -0.2) is 42.0 Å². The van der Waals surface area contributed by atoms with Gasteiger partial charge in [-0.2, -0.15) is 0 Å². The fourth-order valence-electron chi connectivity index (χ4n) is 2.51. The predicted molar refractivity (Wildman–Crippen MR) is 102 cm³/mol. The molecule has 136 valence electrons. The van der Waals surface area contributed by atoms with Crippen LogP contribution in [0, 0.1) is 19.7 Å². The Hall–Kier alpha value is -1.50. The van der Waals surface area contributed by atoms with Crippen LogP contribution in [-0.2, 0) is 0 Å². The van der Waals surface area contributed by atoms with E-state index in [9.17, 15) is 9.18 Å². The number of carbonyl (C=O) groups is 1. The first-order valence-corrected chi connectivity index (χ1v) is 9.51. The summed E-state index contributed by atoms with van der Waals surface area (Å²) in [5, 5.41) is 3.67. The van der Waals surface area contributed by atoms with Gasteiger partial charge in [-0.1, -0.05) is 31.5 Å². The van der Waals surface area contributed by atoms with Crippen molar-refractivity contribution in [2.45, 2.75) is 27.7 Å². The van der Waals surface area contributed by atoms with Crippen LogP contribution in [0.25, 0.3) is 10.6 Å². The second-order valence-corrected chi connectivity index (χ2v) is 7.15. The minimum Gasteiger partial charge on any atom is -0.350 e. The molecule has 0 radical (unpaired) electrons. The average molecular weight is 384 g/mol. The van der Waals surface area contributed by atoms with Crippen LogP contribution in [0.15, 0.2) is 12.1 Å². The van der Waals surface area contributed by atoms with E-state index in [-0.39, 0.29) is 11.5 Å². The number of likely N-dealkylation sites (N-methyl/N-ethyl adjacent to an activating group) is 1. The molecule has 1 amide bonds. The maximum absolute atomic E-state index is 14.2. The molecule has 25 heavy (non-hydrogen) atoms. The molecule has 0 fully saturated rings. The Morgan fingerprint density at radius 3 is 2.64 bits per heavy atom. The highest BCUT2D eigenvalue weighted by atomic mass is 35.5. The third kappa shape index (κ3) is 4.57. The van der Waals surface area contributed by atoms with Gasteiger partial charge in [-0.15, -0.1) is 11.3 Å². The van der Waals surface area contributed by atoms with Crippen LogP contribution in [0.5, 0.6) is 0 Å². The number of thiazole rings is 1. The predicted octanol–water partition coefficient (Wildman–Crippen LogP) is 4.29. The van der Waals surface area contributed by atoms with Crippen molar-refractivity contribution in [2.75, 3.05) is 26.2 Å². The molecule has 1 heterocycles. The standard InChI is InChI=1S/C18H23ClFN3OS/c1-5-23(6-2)10-9-21-17(24)16-12(4)22-18(25-16)14-13(20)8-7-11(3)15(14)19/h7-8H,5-6,9-10H2,1-4H3,(H,21,24). The number of nitrogens with one attached hydrogen (secondary N) is 1. The van der Waals surface area contributed by atoms with Crippen molar-refractivity contribution in [3.63, 3.8) is 0 Å². The first-order valence-electron chi connectivity index (χ1n) is 8.31. The number of rotatable bonds is 7. The zero-order chi connectivity index (χ0) is 18.6. The lowest BCUT2D eigenvalue weighted by Gasteiger charge is -2.17. The molecule has 4 nitrogen and oxygen atoms in total. The Labute approximate surface area is 157 Å². The zero-order valence-electron chi connectivity index (χ0n) is 14.9. The molecule has 7 heteroatoms. The number of aromatic nitrogens is 1. The molecule has 0 unspecified atom stereocenters. The van der Waals surface area contributed by atoms with Crippen molar-refractivity contribution < 1.29 is 9.18 Å². The van der Waals surface area contributed by atoms with E-state index in [1.807, 2.05) is 6.92 Å². The average Bonchev–Trinajstić information content (AvgIpc) is 2.97. The summed E-state index contributed by atoms with van der Waals surface area (Å²) in [5.74, 6) is -0.615. The number of hydrogen-bond acceptors (Lipinski definition) is 4. The van der Waals surface area contributed by atoms with Gasteiger partial charge in [-0.05, 0) is 38.6 Å². The van der Waals surface area contributed by atoms with Gasteiger partial charge in [0.1, 0.15) is 15.7 Å². The molecule has 2 rings (SSSR count). The Bertz CT molecular complexity index is 759. The second kappa shape index (κ2) is 8.74. The molecule has 2 aromatic rings. The number of benzene rings is 1. The maximum atomic E-state index is 14.2. The summed E-state index contributed by atoms with van der Waals surface area (Å²) >= 11 is 7.41. The monoisotopic (exact) mass is 383 g/mol. The van der Waals surface area contributed by atoms with E-state index in [0.29, 0.717) is 27.1 Å². The number of halogens is 2. The van der Waals surface area contributed by atoms with Gasteiger partial charge >= 0.3 is 0 Å². The van der Waals surface area contributed by atoms with Crippen molar-refractivity contribution in [3.05, 3.63) is 39.1 Å². The minimum atomic E-state index is -0.433. The zero-order valence-corrected chi connectivity index (χ0v) is 16.5. The molecule has 1 aromatic carbocycles. The molecule has 1 aromatic heterocycles. The highest BCUT2D eigenvalue weighted by molar-refractivity contribution is 7.17. The lowest BCUT2D eigenvalue weighted by Crippen LogP contribution is -2.34. The van der Waals surface area contributed by atoms with Gasteiger partial charge in [-0.25, -0.2) is 9.37 Å². The van der Waals surface area contributed by atoms with Crippen molar-refractivity contribution in [1.29, 1.82) is 0 Å². The highest BCUT2D eigenvalue weighted by Gasteiger charge is 2.20. The van der Waals surface area contributed by atoms with Gasteiger partial charge in [0, 0.05) is 13.1 Å². The fraction of sp³-hybridized carbons (Fsp3) is 0.444. The molecule has 0 saturated carbocycles.